The van der Waals surface area contributed by atoms with Crippen LogP contribution in [0.5, 0.6) is 0 Å². The predicted molar refractivity (Wildman–Crippen MR) is 145 cm³/mol. The van der Waals surface area contributed by atoms with E-state index in [0.29, 0.717) is 5.69 Å². The number of sulfonamides is 1. The molecule has 0 spiro atoms. The summed E-state index contributed by atoms with van der Waals surface area (Å²) < 4.78 is 29.3. The average molecular weight is 605 g/mol. The Morgan fingerprint density at radius 1 is 0.943 bits per heavy atom. The van der Waals surface area contributed by atoms with Gasteiger partial charge in [0.15, 0.2) is 0 Å². The summed E-state index contributed by atoms with van der Waals surface area (Å²) in [6, 6.07) is 21.7. The zero-order valence-corrected chi connectivity index (χ0v) is 22.8. The molecule has 9 heteroatoms. The molecule has 0 heterocycles. The van der Waals surface area contributed by atoms with Gasteiger partial charge in [-0.3, -0.25) is 13.9 Å². The second-order valence-corrected chi connectivity index (χ2v) is 11.1. The molecule has 0 bridgehead atoms. The van der Waals surface area contributed by atoms with E-state index in [0.717, 1.165) is 19.0 Å². The van der Waals surface area contributed by atoms with E-state index in [-0.39, 0.29) is 17.3 Å². The smallest absolute Gasteiger partial charge is 0.264 e. The minimum Gasteiger partial charge on any atom is -0.357 e. The van der Waals surface area contributed by atoms with Crippen LogP contribution in [0, 0.1) is 10.5 Å². The van der Waals surface area contributed by atoms with E-state index in [1.807, 2.05) is 31.2 Å². The Labute approximate surface area is 220 Å². The number of nitrogens with zero attached hydrogens (tertiary/aromatic N) is 2. The summed E-state index contributed by atoms with van der Waals surface area (Å²) in [4.78, 5) is 27.7. The number of hydrogen-bond donors (Lipinski definition) is 1. The summed E-state index contributed by atoms with van der Waals surface area (Å²) in [6.45, 7) is 3.28. The topological polar surface area (TPSA) is 86.8 Å². The quantitative estimate of drug-likeness (QED) is 0.375. The first-order chi connectivity index (χ1) is 16.6. The fourth-order valence-corrected chi connectivity index (χ4v) is 5.41. The number of halogens is 1. The van der Waals surface area contributed by atoms with Gasteiger partial charge in [0.2, 0.25) is 11.8 Å². The Morgan fingerprint density at radius 2 is 1.54 bits per heavy atom. The summed E-state index contributed by atoms with van der Waals surface area (Å²) in [5.74, 6) is -0.818. The molecular weight excluding hydrogens is 577 g/mol. The molecule has 0 unspecified atom stereocenters. The average Bonchev–Trinajstić information content (AvgIpc) is 2.86. The minimum atomic E-state index is -4.05. The molecule has 0 radical (unpaired) electrons. The van der Waals surface area contributed by atoms with E-state index in [1.165, 1.54) is 24.1 Å². The molecule has 3 aromatic carbocycles. The lowest BCUT2D eigenvalue weighted by atomic mass is 10.1. The largest absolute Gasteiger partial charge is 0.357 e. The molecule has 3 rings (SSSR count). The lowest BCUT2D eigenvalue weighted by Crippen LogP contribution is -2.50. The molecule has 0 aliphatic carbocycles. The molecule has 3 aromatic rings. The van der Waals surface area contributed by atoms with E-state index >= 15 is 0 Å². The Hall–Kier alpha value is -2.92. The van der Waals surface area contributed by atoms with E-state index in [9.17, 15) is 18.0 Å². The number of carbonyl (C=O) groups excluding carboxylic acids is 2. The van der Waals surface area contributed by atoms with Crippen molar-refractivity contribution in [2.75, 3.05) is 17.9 Å². The van der Waals surface area contributed by atoms with Gasteiger partial charge < -0.3 is 10.2 Å². The Bertz CT molecular complexity index is 1280. The maximum atomic E-state index is 13.7. The monoisotopic (exact) mass is 605 g/mol. The van der Waals surface area contributed by atoms with Crippen molar-refractivity contribution in [3.63, 3.8) is 0 Å². The number of aryl methyl sites for hydroxylation is 1. The molecule has 0 aliphatic rings. The number of hydrogen-bond acceptors (Lipinski definition) is 4. The molecule has 184 valence electrons. The molecule has 0 aromatic heterocycles. The van der Waals surface area contributed by atoms with Crippen LogP contribution in [0.3, 0.4) is 0 Å². The first kappa shape index (κ1) is 26.7. The number of anilines is 1. The highest BCUT2D eigenvalue weighted by molar-refractivity contribution is 14.1. The van der Waals surface area contributed by atoms with Crippen LogP contribution in [0.15, 0.2) is 83.8 Å². The second-order valence-electron chi connectivity index (χ2n) is 8.04. The second kappa shape index (κ2) is 11.7. The number of likely N-dealkylation sites (N-methyl/N-ethyl adjacent to an activating group) is 1. The van der Waals surface area contributed by atoms with Gasteiger partial charge in [-0.25, -0.2) is 8.42 Å². The fraction of sp³-hybridized carbons (Fsp3) is 0.231. The van der Waals surface area contributed by atoms with Crippen LogP contribution in [-0.4, -0.2) is 44.8 Å². The number of benzene rings is 3. The van der Waals surface area contributed by atoms with Crippen molar-refractivity contribution in [2.24, 2.45) is 0 Å². The van der Waals surface area contributed by atoms with Gasteiger partial charge in [0, 0.05) is 17.2 Å². The Kier molecular flexibility index (Phi) is 8.90. The predicted octanol–water partition coefficient (Wildman–Crippen LogP) is 3.96. The standard InChI is InChI=1S/C26H28IN3O4S/c1-19-9-7-8-10-21(19)17-29(20(2)26(32)28-3)25(31)18-30(23-15-13-22(27)14-16-23)35(33,34)24-11-5-4-6-12-24/h4-16,20H,17-18H2,1-3H3,(H,28,32)/t20-/m0/s1. The highest BCUT2D eigenvalue weighted by atomic mass is 127. The van der Waals surface area contributed by atoms with Crippen LogP contribution in [0.4, 0.5) is 5.69 Å². The molecule has 7 nitrogen and oxygen atoms in total. The summed E-state index contributed by atoms with van der Waals surface area (Å²) in [6.07, 6.45) is 0. The molecular formula is C26H28IN3O4S. The normalized spacial score (nSPS) is 12.0. The third-order valence-corrected chi connectivity index (χ3v) is 8.25. The van der Waals surface area contributed by atoms with Crippen molar-refractivity contribution in [1.29, 1.82) is 0 Å². The van der Waals surface area contributed by atoms with Crippen molar-refractivity contribution < 1.29 is 18.0 Å². The fourth-order valence-electron chi connectivity index (χ4n) is 3.62. The summed E-state index contributed by atoms with van der Waals surface area (Å²) in [5.41, 5.74) is 2.22. The maximum Gasteiger partial charge on any atom is 0.264 e. The summed E-state index contributed by atoms with van der Waals surface area (Å²) in [7, 11) is -2.54. The number of carbonyl (C=O) groups is 2. The molecule has 0 aliphatic heterocycles. The van der Waals surface area contributed by atoms with Gasteiger partial charge in [0.1, 0.15) is 12.6 Å². The lowest BCUT2D eigenvalue weighted by molar-refractivity contribution is -0.139. The highest BCUT2D eigenvalue weighted by Crippen LogP contribution is 2.25. The van der Waals surface area contributed by atoms with E-state index in [2.05, 4.69) is 27.9 Å². The van der Waals surface area contributed by atoms with Gasteiger partial charge in [-0.05, 0) is 84.0 Å². The van der Waals surface area contributed by atoms with Crippen LogP contribution in [0.2, 0.25) is 0 Å². The zero-order chi connectivity index (χ0) is 25.6. The number of rotatable bonds is 9. The first-order valence-corrected chi connectivity index (χ1v) is 13.6. The van der Waals surface area contributed by atoms with Crippen LogP contribution in [0.1, 0.15) is 18.1 Å². The molecule has 2 amide bonds. The first-order valence-electron chi connectivity index (χ1n) is 11.0. The maximum absolute atomic E-state index is 13.7. The Balaban J connectivity index is 2.02. The van der Waals surface area contributed by atoms with Gasteiger partial charge in [-0.2, -0.15) is 0 Å². The zero-order valence-electron chi connectivity index (χ0n) is 19.8. The molecule has 35 heavy (non-hydrogen) atoms. The van der Waals surface area contributed by atoms with Crippen LogP contribution < -0.4 is 9.62 Å². The highest BCUT2D eigenvalue weighted by Gasteiger charge is 2.32. The Morgan fingerprint density at radius 3 is 2.14 bits per heavy atom. The molecule has 0 fully saturated rings. The molecule has 0 saturated carbocycles. The molecule has 1 N–H and O–H groups in total. The van der Waals surface area contributed by atoms with Crippen molar-refractivity contribution in [3.8, 4) is 0 Å². The van der Waals surface area contributed by atoms with Crippen LogP contribution in [-0.2, 0) is 26.2 Å². The number of nitrogens with one attached hydrogen (secondary N) is 1. The van der Waals surface area contributed by atoms with E-state index in [4.69, 9.17) is 0 Å². The van der Waals surface area contributed by atoms with Crippen LogP contribution in [0.25, 0.3) is 0 Å². The molecule has 1 atom stereocenters. The van der Waals surface area contributed by atoms with Gasteiger partial charge >= 0.3 is 0 Å². The van der Waals surface area contributed by atoms with Crippen molar-refractivity contribution in [3.05, 3.63) is 93.6 Å². The van der Waals surface area contributed by atoms with E-state index < -0.39 is 28.5 Å². The third-order valence-electron chi connectivity index (χ3n) is 5.74. The van der Waals surface area contributed by atoms with Gasteiger partial charge in [-0.15, -0.1) is 0 Å². The van der Waals surface area contributed by atoms with Crippen molar-refractivity contribution in [2.45, 2.75) is 31.3 Å². The van der Waals surface area contributed by atoms with Crippen molar-refractivity contribution >= 4 is 50.1 Å². The number of amides is 2. The van der Waals surface area contributed by atoms with Gasteiger partial charge in [-0.1, -0.05) is 42.5 Å². The summed E-state index contributed by atoms with van der Waals surface area (Å²) in [5, 5.41) is 2.58. The lowest BCUT2D eigenvalue weighted by Gasteiger charge is -2.32. The van der Waals surface area contributed by atoms with Crippen molar-refractivity contribution in [1.82, 2.24) is 10.2 Å². The SMILES string of the molecule is CNC(=O)[C@H](C)N(Cc1ccccc1C)C(=O)CN(c1ccc(I)cc1)S(=O)(=O)c1ccccc1. The summed E-state index contributed by atoms with van der Waals surface area (Å²) >= 11 is 2.14. The third kappa shape index (κ3) is 6.40. The van der Waals surface area contributed by atoms with Crippen LogP contribution >= 0.6 is 22.6 Å². The minimum absolute atomic E-state index is 0.0798. The molecule has 0 saturated heterocycles. The van der Waals surface area contributed by atoms with E-state index in [1.54, 1.807) is 49.4 Å². The van der Waals surface area contributed by atoms with Gasteiger partial charge in [0.05, 0.1) is 10.6 Å². The van der Waals surface area contributed by atoms with Gasteiger partial charge in [0.25, 0.3) is 10.0 Å².